The van der Waals surface area contributed by atoms with Gasteiger partial charge in [0.25, 0.3) is 5.91 Å². The maximum atomic E-state index is 12.6. The summed E-state index contributed by atoms with van der Waals surface area (Å²) in [5.41, 5.74) is 1.75. The lowest BCUT2D eigenvalue weighted by atomic mass is 9.79. The van der Waals surface area contributed by atoms with Crippen LogP contribution < -0.4 is 15.0 Å². The maximum Gasteiger partial charge on any atom is 0.331 e. The number of ether oxygens (including phenoxy) is 1. The fourth-order valence-electron chi connectivity index (χ4n) is 5.29. The Morgan fingerprint density at radius 1 is 1.12 bits per heavy atom. The van der Waals surface area contributed by atoms with E-state index in [1.165, 1.54) is 11.8 Å². The number of carboxylic acids is 1. The molecule has 0 aliphatic carbocycles. The largest absolute Gasteiger partial charge is 0.478 e. The van der Waals surface area contributed by atoms with Gasteiger partial charge in [-0.15, -0.1) is 11.8 Å². The molecule has 41 heavy (non-hydrogen) atoms. The van der Waals surface area contributed by atoms with Crippen LogP contribution >= 0.6 is 22.4 Å². The number of aliphatic carboxylic acids is 1. The number of amides is 1. The first-order valence-electron chi connectivity index (χ1n) is 14.2. The van der Waals surface area contributed by atoms with Crippen molar-refractivity contribution in [1.82, 2.24) is 5.32 Å². The third-order valence-corrected chi connectivity index (χ3v) is 10.1. The van der Waals surface area contributed by atoms with Crippen LogP contribution in [0, 0.1) is 5.41 Å². The molecule has 1 amide bonds. The fraction of sp³-hybridized carbons (Fsp3) is 0.484. The molecule has 2 aromatic rings. The van der Waals surface area contributed by atoms with Gasteiger partial charge in [-0.25, -0.2) is 4.79 Å². The molecule has 2 aromatic carbocycles. The van der Waals surface area contributed by atoms with E-state index < -0.39 is 16.6 Å². The minimum absolute atomic E-state index is 0.0225. The average molecular weight is 605 g/mol. The number of nitrogens with zero attached hydrogens (tertiary/aromatic N) is 1. The highest BCUT2D eigenvalue weighted by Crippen LogP contribution is 2.62. The molecular formula is C31H44N2O6S2. The minimum Gasteiger partial charge on any atom is -0.478 e. The number of nitrogens with one attached hydrogen (secondary N) is 1. The van der Waals surface area contributed by atoms with E-state index in [1.807, 2.05) is 38.3 Å². The number of carboxylic acid groups (broad SMARTS) is 1. The summed E-state index contributed by atoms with van der Waals surface area (Å²) >= 11 is 1.43. The van der Waals surface area contributed by atoms with Crippen LogP contribution in [0.4, 0.5) is 11.4 Å². The summed E-state index contributed by atoms with van der Waals surface area (Å²) in [4.78, 5) is 26.9. The summed E-state index contributed by atoms with van der Waals surface area (Å²) in [6.45, 7) is 8.73. The van der Waals surface area contributed by atoms with Crippen molar-refractivity contribution in [3.8, 4) is 5.75 Å². The number of hydrogen-bond donors (Lipinski definition) is 4. The van der Waals surface area contributed by atoms with Crippen molar-refractivity contribution in [2.45, 2.75) is 82.1 Å². The number of rotatable bonds is 13. The van der Waals surface area contributed by atoms with Crippen molar-refractivity contribution in [3.63, 3.8) is 0 Å². The van der Waals surface area contributed by atoms with Crippen LogP contribution in [0.5, 0.6) is 5.75 Å². The summed E-state index contributed by atoms with van der Waals surface area (Å²) in [7, 11) is -3.25. The summed E-state index contributed by atoms with van der Waals surface area (Å²) < 4.78 is 29.3. The summed E-state index contributed by atoms with van der Waals surface area (Å²) in [5.74, 6) is -0.674. The number of fused-ring (bicyclic) bond motifs is 1. The Bertz CT molecular complexity index is 1220. The Kier molecular flexibility index (Phi) is 11.6. The molecule has 0 unspecified atom stereocenters. The molecule has 226 valence electrons. The van der Waals surface area contributed by atoms with Gasteiger partial charge in [-0.1, -0.05) is 39.5 Å². The van der Waals surface area contributed by atoms with Gasteiger partial charge in [-0.05, 0) is 63.3 Å². The van der Waals surface area contributed by atoms with Gasteiger partial charge in [-0.3, -0.25) is 13.9 Å². The van der Waals surface area contributed by atoms with Crippen LogP contribution in [0.1, 0.15) is 76.6 Å². The third kappa shape index (κ3) is 8.44. The van der Waals surface area contributed by atoms with E-state index in [4.69, 9.17) is 9.84 Å². The molecule has 0 bridgehead atoms. The van der Waals surface area contributed by atoms with Crippen molar-refractivity contribution in [2.75, 3.05) is 23.5 Å². The molecule has 1 aliphatic rings. The Morgan fingerprint density at radius 2 is 1.76 bits per heavy atom. The molecule has 4 N–H and O–H groups in total. The van der Waals surface area contributed by atoms with E-state index in [9.17, 15) is 18.7 Å². The van der Waals surface area contributed by atoms with Crippen LogP contribution in [0.3, 0.4) is 0 Å². The smallest absolute Gasteiger partial charge is 0.331 e. The Balaban J connectivity index is 2.20. The number of thioether (sulfide) groups is 1. The first-order chi connectivity index (χ1) is 19.4. The molecule has 3 rings (SSSR count). The van der Waals surface area contributed by atoms with Gasteiger partial charge in [0.05, 0.1) is 27.8 Å². The average Bonchev–Trinajstić information content (AvgIpc) is 3.01. The predicted octanol–water partition coefficient (Wildman–Crippen LogP) is 8.15. The van der Waals surface area contributed by atoms with Crippen LogP contribution in [0.15, 0.2) is 58.5 Å². The molecule has 1 heterocycles. The topological polar surface area (TPSA) is 119 Å². The normalized spacial score (nSPS) is 16.7. The lowest BCUT2D eigenvalue weighted by molar-refractivity contribution is -0.131. The van der Waals surface area contributed by atoms with Crippen molar-refractivity contribution < 1.29 is 28.5 Å². The zero-order chi connectivity index (χ0) is 30.2. The zero-order valence-corrected chi connectivity index (χ0v) is 26.3. The second-order valence-corrected chi connectivity index (χ2v) is 13.9. The monoisotopic (exact) mass is 604 g/mol. The first kappa shape index (κ1) is 32.8. The molecular weight excluding hydrogens is 560 g/mol. The van der Waals surface area contributed by atoms with E-state index in [-0.39, 0.29) is 23.1 Å². The highest BCUT2D eigenvalue weighted by atomic mass is 32.3. The molecule has 8 nitrogen and oxygen atoms in total. The van der Waals surface area contributed by atoms with Crippen molar-refractivity contribution in [2.24, 2.45) is 5.41 Å². The zero-order valence-electron chi connectivity index (χ0n) is 24.7. The number of unbranched alkanes of at least 4 members (excludes halogenated alkanes) is 2. The SMILES string of the molecule is CCCCC1(CCCC)CN(c2ccc(C(=O)NC(C)C)cc2)c2cc(SC)c(OC=CC(=O)O)cc2S(O)(O)C1. The van der Waals surface area contributed by atoms with E-state index in [0.29, 0.717) is 28.4 Å². The van der Waals surface area contributed by atoms with E-state index in [0.717, 1.165) is 61.4 Å². The highest BCUT2D eigenvalue weighted by Gasteiger charge is 2.42. The van der Waals surface area contributed by atoms with E-state index in [1.54, 1.807) is 18.2 Å². The molecule has 0 radical (unpaired) electrons. The first-order valence-corrected chi connectivity index (χ1v) is 17.1. The lowest BCUT2D eigenvalue weighted by Gasteiger charge is -2.42. The minimum atomic E-state index is -3.25. The molecule has 0 fully saturated rings. The van der Waals surface area contributed by atoms with Gasteiger partial charge >= 0.3 is 5.97 Å². The van der Waals surface area contributed by atoms with Gasteiger partial charge in [0, 0.05) is 41.1 Å². The lowest BCUT2D eigenvalue weighted by Crippen LogP contribution is -2.38. The quantitative estimate of drug-likeness (QED) is 0.103. The Morgan fingerprint density at radius 3 is 2.29 bits per heavy atom. The van der Waals surface area contributed by atoms with Gasteiger partial charge in [-0.2, -0.15) is 10.6 Å². The van der Waals surface area contributed by atoms with E-state index >= 15 is 0 Å². The van der Waals surface area contributed by atoms with Crippen LogP contribution in [-0.2, 0) is 4.79 Å². The molecule has 0 aromatic heterocycles. The fourth-order valence-corrected chi connectivity index (χ4v) is 8.02. The van der Waals surface area contributed by atoms with Crippen molar-refractivity contribution >= 4 is 45.6 Å². The number of benzene rings is 2. The number of anilines is 2. The van der Waals surface area contributed by atoms with Crippen molar-refractivity contribution in [3.05, 3.63) is 54.3 Å². The number of carbonyl (C=O) groups excluding carboxylic acids is 1. The Hall–Kier alpha value is -2.66. The highest BCUT2D eigenvalue weighted by molar-refractivity contribution is 8.24. The second-order valence-electron chi connectivity index (χ2n) is 11.0. The van der Waals surface area contributed by atoms with Gasteiger partial charge in [0.2, 0.25) is 0 Å². The van der Waals surface area contributed by atoms with Gasteiger partial charge in [0.15, 0.2) is 0 Å². The maximum absolute atomic E-state index is 12.6. The summed E-state index contributed by atoms with van der Waals surface area (Å²) in [6, 6.07) is 11.0. The molecule has 0 atom stereocenters. The van der Waals surface area contributed by atoms with Gasteiger partial charge in [0.1, 0.15) is 5.75 Å². The van der Waals surface area contributed by atoms with E-state index in [2.05, 4.69) is 24.1 Å². The van der Waals surface area contributed by atoms with Gasteiger partial charge < -0.3 is 20.1 Å². The van der Waals surface area contributed by atoms with Crippen LogP contribution in [0.2, 0.25) is 0 Å². The summed E-state index contributed by atoms with van der Waals surface area (Å²) in [6.07, 6.45) is 9.56. The number of hydrogen-bond acceptors (Lipinski definition) is 7. The van der Waals surface area contributed by atoms with Crippen LogP contribution in [0.25, 0.3) is 0 Å². The number of carbonyl (C=O) groups is 2. The van der Waals surface area contributed by atoms with Crippen LogP contribution in [-0.4, -0.2) is 50.7 Å². The van der Waals surface area contributed by atoms with Crippen molar-refractivity contribution in [1.29, 1.82) is 0 Å². The Labute approximate surface area is 249 Å². The predicted molar refractivity (Wildman–Crippen MR) is 169 cm³/mol. The third-order valence-electron chi connectivity index (χ3n) is 7.28. The summed E-state index contributed by atoms with van der Waals surface area (Å²) in [5, 5.41) is 11.9. The second kappa shape index (κ2) is 14.5. The molecule has 0 saturated heterocycles. The molecule has 1 aliphatic heterocycles. The molecule has 0 saturated carbocycles. The molecule has 0 spiro atoms. The standard InChI is InChI=1S/C31H44N2O6S2/c1-6-8-15-31(16-9-7-2)20-33(24-12-10-23(11-13-24)30(36)32-22(3)4)25-18-27(40-5)26(39-17-14-29(34)35)19-28(25)41(37,38)21-31/h10-14,17-19,22,37-38H,6-9,15-16,20-21H2,1-5H3,(H,32,36)(H,34,35). The molecule has 10 heteroatoms.